The Morgan fingerprint density at radius 2 is 1.93 bits per heavy atom. The van der Waals surface area contributed by atoms with Gasteiger partial charge in [-0.2, -0.15) is 15.0 Å². The van der Waals surface area contributed by atoms with Crippen LogP contribution in [0.3, 0.4) is 0 Å². The molecule has 1 heterocycles. The lowest BCUT2D eigenvalue weighted by Crippen LogP contribution is -2.27. The standard InChI is InChI=1S/C9H17N5O/c1-5-15-8-12-6(10)11-7(13-8)14-9(2,3)4/h5H2,1-4H3,(H3,10,11,12,13,14). The van der Waals surface area contributed by atoms with Gasteiger partial charge in [0.25, 0.3) is 0 Å². The van der Waals surface area contributed by atoms with E-state index < -0.39 is 0 Å². The van der Waals surface area contributed by atoms with E-state index >= 15 is 0 Å². The molecule has 1 aromatic heterocycles. The zero-order chi connectivity index (χ0) is 11.5. The molecule has 0 saturated carbocycles. The smallest absolute Gasteiger partial charge is 0.323 e. The van der Waals surface area contributed by atoms with Gasteiger partial charge in [-0.15, -0.1) is 0 Å². The maximum Gasteiger partial charge on any atom is 0.323 e. The molecule has 84 valence electrons. The minimum atomic E-state index is -0.128. The van der Waals surface area contributed by atoms with Gasteiger partial charge in [0, 0.05) is 5.54 Å². The Kier molecular flexibility index (Phi) is 3.28. The normalized spacial score (nSPS) is 11.2. The van der Waals surface area contributed by atoms with Crippen LogP contribution in [0.15, 0.2) is 0 Å². The summed E-state index contributed by atoms with van der Waals surface area (Å²) in [5, 5.41) is 3.10. The van der Waals surface area contributed by atoms with Crippen LogP contribution in [-0.2, 0) is 0 Å². The Balaban J connectivity index is 2.88. The van der Waals surface area contributed by atoms with Crippen molar-refractivity contribution in [3.63, 3.8) is 0 Å². The number of hydrogen-bond donors (Lipinski definition) is 2. The molecular formula is C9H17N5O. The number of nitrogens with two attached hydrogens (primary N) is 1. The van der Waals surface area contributed by atoms with Gasteiger partial charge in [-0.1, -0.05) is 0 Å². The van der Waals surface area contributed by atoms with Gasteiger partial charge in [0.1, 0.15) is 0 Å². The zero-order valence-electron chi connectivity index (χ0n) is 9.53. The monoisotopic (exact) mass is 211 g/mol. The first-order valence-electron chi connectivity index (χ1n) is 4.83. The number of ether oxygens (including phenoxy) is 1. The Morgan fingerprint density at radius 3 is 2.47 bits per heavy atom. The van der Waals surface area contributed by atoms with E-state index in [-0.39, 0.29) is 17.5 Å². The molecule has 0 bridgehead atoms. The van der Waals surface area contributed by atoms with Gasteiger partial charge in [0.05, 0.1) is 6.61 Å². The van der Waals surface area contributed by atoms with E-state index in [9.17, 15) is 0 Å². The summed E-state index contributed by atoms with van der Waals surface area (Å²) in [5.74, 6) is 0.582. The average Bonchev–Trinajstić information content (AvgIpc) is 1.99. The van der Waals surface area contributed by atoms with Crippen molar-refractivity contribution in [1.82, 2.24) is 15.0 Å². The highest BCUT2D eigenvalue weighted by Gasteiger charge is 2.13. The third-order valence-corrected chi connectivity index (χ3v) is 1.39. The van der Waals surface area contributed by atoms with Crippen LogP contribution in [0.1, 0.15) is 27.7 Å². The lowest BCUT2D eigenvalue weighted by Gasteiger charge is -2.20. The summed E-state index contributed by atoms with van der Waals surface area (Å²) in [4.78, 5) is 11.9. The predicted octanol–water partition coefficient (Wildman–Crippen LogP) is 1.06. The summed E-state index contributed by atoms with van der Waals surface area (Å²) in [6.07, 6.45) is 0. The maximum atomic E-state index is 5.53. The number of hydrogen-bond acceptors (Lipinski definition) is 6. The van der Waals surface area contributed by atoms with E-state index in [0.717, 1.165) is 0 Å². The van der Waals surface area contributed by atoms with Gasteiger partial charge in [-0.3, -0.25) is 0 Å². The molecule has 15 heavy (non-hydrogen) atoms. The summed E-state index contributed by atoms with van der Waals surface area (Å²) >= 11 is 0. The summed E-state index contributed by atoms with van der Waals surface area (Å²) in [7, 11) is 0. The third kappa shape index (κ3) is 3.97. The first-order chi connectivity index (χ1) is 6.90. The molecule has 0 aromatic carbocycles. The highest BCUT2D eigenvalue weighted by Crippen LogP contribution is 2.13. The molecule has 0 atom stereocenters. The Bertz CT molecular complexity index is 334. The molecule has 0 radical (unpaired) electrons. The molecule has 0 aliphatic heterocycles. The minimum absolute atomic E-state index is 0.128. The van der Waals surface area contributed by atoms with E-state index in [1.54, 1.807) is 0 Å². The average molecular weight is 211 g/mol. The van der Waals surface area contributed by atoms with Crippen LogP contribution in [0.4, 0.5) is 11.9 Å². The lowest BCUT2D eigenvalue weighted by molar-refractivity contribution is 0.312. The van der Waals surface area contributed by atoms with Crippen molar-refractivity contribution in [2.24, 2.45) is 0 Å². The van der Waals surface area contributed by atoms with E-state index in [1.807, 2.05) is 27.7 Å². The molecule has 6 heteroatoms. The molecule has 0 amide bonds. The number of nitrogen functional groups attached to an aromatic ring is 1. The number of anilines is 2. The van der Waals surface area contributed by atoms with Gasteiger partial charge in [-0.05, 0) is 27.7 Å². The molecule has 0 fully saturated rings. The molecular weight excluding hydrogens is 194 g/mol. The number of nitrogens with zero attached hydrogens (tertiary/aromatic N) is 3. The van der Waals surface area contributed by atoms with Crippen LogP contribution < -0.4 is 15.8 Å². The summed E-state index contributed by atoms with van der Waals surface area (Å²) < 4.78 is 5.16. The Labute approximate surface area is 89.3 Å². The first kappa shape index (κ1) is 11.5. The van der Waals surface area contributed by atoms with Crippen LogP contribution in [-0.4, -0.2) is 27.1 Å². The van der Waals surface area contributed by atoms with Crippen molar-refractivity contribution >= 4 is 11.9 Å². The number of aromatic nitrogens is 3. The molecule has 0 aliphatic carbocycles. The Morgan fingerprint density at radius 1 is 1.27 bits per heavy atom. The van der Waals surface area contributed by atoms with E-state index in [4.69, 9.17) is 10.5 Å². The van der Waals surface area contributed by atoms with Gasteiger partial charge >= 0.3 is 6.01 Å². The second-order valence-electron chi connectivity index (χ2n) is 4.11. The molecule has 3 N–H and O–H groups in total. The highest BCUT2D eigenvalue weighted by molar-refractivity contribution is 5.34. The largest absolute Gasteiger partial charge is 0.464 e. The second kappa shape index (κ2) is 4.29. The van der Waals surface area contributed by atoms with E-state index in [0.29, 0.717) is 12.6 Å². The summed E-state index contributed by atoms with van der Waals surface area (Å²) in [6, 6.07) is 0.247. The van der Waals surface area contributed by atoms with Crippen molar-refractivity contribution in [3.8, 4) is 6.01 Å². The molecule has 6 nitrogen and oxygen atoms in total. The van der Waals surface area contributed by atoms with Gasteiger partial charge in [-0.25, -0.2) is 0 Å². The quantitative estimate of drug-likeness (QED) is 0.777. The van der Waals surface area contributed by atoms with Gasteiger partial charge < -0.3 is 15.8 Å². The topological polar surface area (TPSA) is 86.0 Å². The highest BCUT2D eigenvalue weighted by atomic mass is 16.5. The van der Waals surface area contributed by atoms with Crippen LogP contribution in [0, 0.1) is 0 Å². The fourth-order valence-electron chi connectivity index (χ4n) is 0.957. The SMILES string of the molecule is CCOc1nc(N)nc(NC(C)(C)C)n1. The van der Waals surface area contributed by atoms with Crippen molar-refractivity contribution < 1.29 is 4.74 Å². The summed E-state index contributed by atoms with van der Waals surface area (Å²) in [6.45, 7) is 8.38. The van der Waals surface area contributed by atoms with Gasteiger partial charge in [0.15, 0.2) is 0 Å². The molecule has 0 aliphatic rings. The second-order valence-corrected chi connectivity index (χ2v) is 4.11. The van der Waals surface area contributed by atoms with Crippen molar-refractivity contribution in [2.75, 3.05) is 17.7 Å². The van der Waals surface area contributed by atoms with Crippen LogP contribution in [0.2, 0.25) is 0 Å². The molecule has 1 rings (SSSR count). The molecule has 0 saturated heterocycles. The fourth-order valence-corrected chi connectivity index (χ4v) is 0.957. The molecule has 1 aromatic rings. The zero-order valence-corrected chi connectivity index (χ0v) is 9.53. The first-order valence-corrected chi connectivity index (χ1v) is 4.83. The van der Waals surface area contributed by atoms with Crippen LogP contribution in [0.25, 0.3) is 0 Å². The number of rotatable bonds is 3. The van der Waals surface area contributed by atoms with E-state index in [2.05, 4.69) is 20.3 Å². The minimum Gasteiger partial charge on any atom is -0.464 e. The predicted molar refractivity (Wildman–Crippen MR) is 58.8 cm³/mol. The van der Waals surface area contributed by atoms with Crippen LogP contribution >= 0.6 is 0 Å². The van der Waals surface area contributed by atoms with Crippen molar-refractivity contribution in [3.05, 3.63) is 0 Å². The van der Waals surface area contributed by atoms with Gasteiger partial charge in [0.2, 0.25) is 11.9 Å². The third-order valence-electron chi connectivity index (χ3n) is 1.39. The number of nitrogens with one attached hydrogen (secondary N) is 1. The van der Waals surface area contributed by atoms with Crippen molar-refractivity contribution in [2.45, 2.75) is 33.2 Å². The molecule has 0 unspecified atom stereocenters. The van der Waals surface area contributed by atoms with E-state index in [1.165, 1.54) is 0 Å². The Hall–Kier alpha value is -1.59. The van der Waals surface area contributed by atoms with Crippen molar-refractivity contribution in [1.29, 1.82) is 0 Å². The lowest BCUT2D eigenvalue weighted by atomic mass is 10.1. The van der Waals surface area contributed by atoms with Crippen LogP contribution in [0.5, 0.6) is 6.01 Å². The summed E-state index contributed by atoms with van der Waals surface area (Å²) in [5.41, 5.74) is 5.40. The maximum absolute atomic E-state index is 5.53. The fraction of sp³-hybridized carbons (Fsp3) is 0.667. The molecule has 0 spiro atoms.